The van der Waals surface area contributed by atoms with Crippen molar-refractivity contribution in [3.05, 3.63) is 33.1 Å². The molecule has 2 aromatic rings. The highest BCUT2D eigenvalue weighted by atomic mass is 32.1. The molecule has 0 radical (unpaired) electrons. The summed E-state index contributed by atoms with van der Waals surface area (Å²) in [5, 5.41) is 17.5. The van der Waals surface area contributed by atoms with Gasteiger partial charge in [0.1, 0.15) is 16.3 Å². The number of aryl methyl sites for hydroxylation is 2. The molecule has 0 bridgehead atoms. The number of amides is 1. The van der Waals surface area contributed by atoms with Crippen LogP contribution in [0.3, 0.4) is 0 Å². The first-order valence-electron chi connectivity index (χ1n) is 6.38. The molecule has 2 heterocycles. The van der Waals surface area contributed by atoms with E-state index in [0.717, 1.165) is 0 Å². The van der Waals surface area contributed by atoms with Gasteiger partial charge in [-0.15, -0.1) is 11.3 Å². The Bertz CT molecular complexity index is 677. The van der Waals surface area contributed by atoms with Gasteiger partial charge >= 0.3 is 5.97 Å². The molecule has 2 rings (SSSR count). The number of hydrogen-bond donors (Lipinski definition) is 2. The maximum Gasteiger partial charge on any atom is 0.355 e. The SMILES string of the molecule is CCc1noc(C)c1C(=O)NC(C)c1nc(C(=O)O)cs1. The zero-order valence-electron chi connectivity index (χ0n) is 11.8. The molecule has 0 aromatic carbocycles. The lowest BCUT2D eigenvalue weighted by Gasteiger charge is -2.11. The van der Waals surface area contributed by atoms with Gasteiger partial charge in [-0.2, -0.15) is 0 Å². The van der Waals surface area contributed by atoms with Crippen LogP contribution in [0.5, 0.6) is 0 Å². The third-order valence-electron chi connectivity index (χ3n) is 2.95. The molecule has 2 aromatic heterocycles. The van der Waals surface area contributed by atoms with Crippen LogP contribution in [0.1, 0.15) is 57.2 Å². The van der Waals surface area contributed by atoms with Crippen LogP contribution in [-0.4, -0.2) is 27.1 Å². The first-order valence-corrected chi connectivity index (χ1v) is 7.26. The fourth-order valence-corrected chi connectivity index (χ4v) is 2.67. The number of nitrogens with one attached hydrogen (secondary N) is 1. The van der Waals surface area contributed by atoms with Gasteiger partial charge in [0.15, 0.2) is 5.69 Å². The highest BCUT2D eigenvalue weighted by Crippen LogP contribution is 2.20. The third kappa shape index (κ3) is 3.10. The Morgan fingerprint density at radius 1 is 1.52 bits per heavy atom. The molecule has 8 heteroatoms. The second-order valence-corrected chi connectivity index (χ2v) is 5.37. The first-order chi connectivity index (χ1) is 9.93. The molecular formula is C13H15N3O4S. The lowest BCUT2D eigenvalue weighted by Crippen LogP contribution is -2.27. The average molecular weight is 309 g/mol. The monoisotopic (exact) mass is 309 g/mol. The van der Waals surface area contributed by atoms with Crippen LogP contribution < -0.4 is 5.32 Å². The normalized spacial score (nSPS) is 12.1. The summed E-state index contributed by atoms with van der Waals surface area (Å²) >= 11 is 1.19. The number of nitrogens with zero attached hydrogens (tertiary/aromatic N) is 2. The number of hydrogen-bond acceptors (Lipinski definition) is 6. The minimum Gasteiger partial charge on any atom is -0.476 e. The van der Waals surface area contributed by atoms with Gasteiger partial charge in [-0.05, 0) is 20.3 Å². The van der Waals surface area contributed by atoms with E-state index in [4.69, 9.17) is 9.63 Å². The zero-order valence-corrected chi connectivity index (χ0v) is 12.7. The predicted octanol–water partition coefficient (Wildman–Crippen LogP) is 2.19. The van der Waals surface area contributed by atoms with E-state index in [-0.39, 0.29) is 11.6 Å². The predicted molar refractivity (Wildman–Crippen MR) is 75.6 cm³/mol. The van der Waals surface area contributed by atoms with Crippen molar-refractivity contribution in [2.45, 2.75) is 33.2 Å². The van der Waals surface area contributed by atoms with Gasteiger partial charge in [-0.1, -0.05) is 12.1 Å². The van der Waals surface area contributed by atoms with Gasteiger partial charge in [0.05, 0.1) is 11.7 Å². The van der Waals surface area contributed by atoms with Crippen molar-refractivity contribution in [3.8, 4) is 0 Å². The number of carbonyl (C=O) groups is 2. The quantitative estimate of drug-likeness (QED) is 0.877. The number of aromatic carboxylic acids is 1. The molecule has 112 valence electrons. The fraction of sp³-hybridized carbons (Fsp3) is 0.385. The standard InChI is InChI=1S/C13H15N3O4S/c1-4-8-10(7(3)20-16-8)11(17)14-6(2)12-15-9(5-21-12)13(18)19/h5-6H,4H2,1-3H3,(H,14,17)(H,18,19). The van der Waals surface area contributed by atoms with Crippen molar-refractivity contribution in [1.82, 2.24) is 15.5 Å². The summed E-state index contributed by atoms with van der Waals surface area (Å²) in [6.45, 7) is 5.31. The maximum absolute atomic E-state index is 12.3. The molecule has 0 fully saturated rings. The van der Waals surface area contributed by atoms with Crippen LogP contribution in [0.4, 0.5) is 0 Å². The molecule has 2 N–H and O–H groups in total. The summed E-state index contributed by atoms with van der Waals surface area (Å²) in [4.78, 5) is 27.1. The highest BCUT2D eigenvalue weighted by Gasteiger charge is 2.22. The molecule has 0 aliphatic rings. The van der Waals surface area contributed by atoms with Crippen LogP contribution in [0.25, 0.3) is 0 Å². The number of carbonyl (C=O) groups excluding carboxylic acids is 1. The van der Waals surface area contributed by atoms with Crippen LogP contribution in [0, 0.1) is 6.92 Å². The molecule has 0 saturated carbocycles. The molecular weight excluding hydrogens is 294 g/mol. The van der Waals surface area contributed by atoms with Crippen molar-refractivity contribution in [2.75, 3.05) is 0 Å². The molecule has 1 atom stereocenters. The molecule has 7 nitrogen and oxygen atoms in total. The first kappa shape index (κ1) is 15.2. The summed E-state index contributed by atoms with van der Waals surface area (Å²) in [6.07, 6.45) is 0.592. The van der Waals surface area contributed by atoms with Crippen molar-refractivity contribution >= 4 is 23.2 Å². The Morgan fingerprint density at radius 3 is 2.81 bits per heavy atom. The highest BCUT2D eigenvalue weighted by molar-refractivity contribution is 7.09. The lowest BCUT2D eigenvalue weighted by atomic mass is 10.1. The van der Waals surface area contributed by atoms with E-state index in [9.17, 15) is 9.59 Å². The summed E-state index contributed by atoms with van der Waals surface area (Å²) in [5.74, 6) is -0.925. The average Bonchev–Trinajstić information content (AvgIpc) is 3.04. The Morgan fingerprint density at radius 2 is 2.24 bits per heavy atom. The smallest absolute Gasteiger partial charge is 0.355 e. The Kier molecular flexibility index (Phi) is 4.37. The summed E-state index contributed by atoms with van der Waals surface area (Å²) in [5.41, 5.74) is 1.01. The minimum atomic E-state index is -1.08. The third-order valence-corrected chi connectivity index (χ3v) is 3.98. The minimum absolute atomic E-state index is 0.0218. The Labute approximate surface area is 125 Å². The van der Waals surface area contributed by atoms with Crippen molar-refractivity contribution < 1.29 is 19.2 Å². The number of carboxylic acids is 1. The van der Waals surface area contributed by atoms with Gasteiger partial charge in [0.25, 0.3) is 5.91 Å². The van der Waals surface area contributed by atoms with Gasteiger partial charge < -0.3 is 14.9 Å². The van der Waals surface area contributed by atoms with Gasteiger partial charge in [-0.3, -0.25) is 4.79 Å². The summed E-state index contributed by atoms with van der Waals surface area (Å²) < 4.78 is 5.03. The lowest BCUT2D eigenvalue weighted by molar-refractivity contribution is 0.0691. The second-order valence-electron chi connectivity index (χ2n) is 4.49. The van der Waals surface area contributed by atoms with Crippen molar-refractivity contribution in [1.29, 1.82) is 0 Å². The molecule has 0 aliphatic heterocycles. The van der Waals surface area contributed by atoms with Gasteiger partial charge in [0.2, 0.25) is 0 Å². The van der Waals surface area contributed by atoms with Crippen LogP contribution in [0.15, 0.2) is 9.90 Å². The molecule has 21 heavy (non-hydrogen) atoms. The van der Waals surface area contributed by atoms with E-state index in [0.29, 0.717) is 28.4 Å². The number of rotatable bonds is 5. The van der Waals surface area contributed by atoms with Crippen LogP contribution in [-0.2, 0) is 6.42 Å². The number of aromatic nitrogens is 2. The summed E-state index contributed by atoms with van der Waals surface area (Å²) in [6, 6.07) is -0.394. The van der Waals surface area contributed by atoms with E-state index >= 15 is 0 Å². The Hall–Kier alpha value is -2.22. The number of carboxylic acid groups (broad SMARTS) is 1. The van der Waals surface area contributed by atoms with E-state index < -0.39 is 12.0 Å². The molecule has 1 unspecified atom stereocenters. The van der Waals surface area contributed by atoms with Gasteiger partial charge in [-0.25, -0.2) is 9.78 Å². The second kappa shape index (κ2) is 6.04. The van der Waals surface area contributed by atoms with Crippen molar-refractivity contribution in [3.63, 3.8) is 0 Å². The topological polar surface area (TPSA) is 105 Å². The molecule has 0 saturated heterocycles. The van der Waals surface area contributed by atoms with Crippen LogP contribution >= 0.6 is 11.3 Å². The molecule has 1 amide bonds. The zero-order chi connectivity index (χ0) is 15.6. The summed E-state index contributed by atoms with van der Waals surface area (Å²) in [7, 11) is 0. The van der Waals surface area contributed by atoms with E-state index in [1.807, 2.05) is 6.92 Å². The Balaban J connectivity index is 2.14. The largest absolute Gasteiger partial charge is 0.476 e. The van der Waals surface area contributed by atoms with Crippen LogP contribution in [0.2, 0.25) is 0 Å². The maximum atomic E-state index is 12.3. The van der Waals surface area contributed by atoms with E-state index in [2.05, 4.69) is 15.5 Å². The van der Waals surface area contributed by atoms with E-state index in [1.54, 1.807) is 13.8 Å². The van der Waals surface area contributed by atoms with Crippen molar-refractivity contribution in [2.24, 2.45) is 0 Å². The number of thiazole rings is 1. The van der Waals surface area contributed by atoms with E-state index in [1.165, 1.54) is 16.7 Å². The molecule has 0 aliphatic carbocycles. The fourth-order valence-electron chi connectivity index (χ4n) is 1.87. The molecule has 0 spiro atoms. The van der Waals surface area contributed by atoms with Gasteiger partial charge in [0, 0.05) is 5.38 Å².